The van der Waals surface area contributed by atoms with E-state index < -0.39 is 10.2 Å². The quantitative estimate of drug-likeness (QED) is 0.112. The normalized spacial score (nSPS) is 9.21. The van der Waals surface area contributed by atoms with Crippen LogP contribution in [-0.4, -0.2) is 62.2 Å². The maximum absolute atomic E-state index is 12.2. The Kier molecular flexibility index (Phi) is 24.3. The third kappa shape index (κ3) is 18.6. The third-order valence-electron chi connectivity index (χ3n) is 4.24. The predicted molar refractivity (Wildman–Crippen MR) is 146 cm³/mol. The topological polar surface area (TPSA) is 242 Å². The van der Waals surface area contributed by atoms with Crippen molar-refractivity contribution < 1.29 is 81.4 Å². The summed E-state index contributed by atoms with van der Waals surface area (Å²) >= 11 is 0. The molecule has 3 aromatic carbocycles. The summed E-state index contributed by atoms with van der Waals surface area (Å²) in [7, 11) is 6.27. The molecule has 16 nitrogen and oxygen atoms in total. The van der Waals surface area contributed by atoms with Crippen molar-refractivity contribution >= 4 is 30.2 Å². The number of carbonyl (C=O) groups is 1. The monoisotopic (exact) mass is 749 g/mol. The van der Waals surface area contributed by atoms with Gasteiger partial charge in [-0.05, 0) is 35.4 Å². The Labute approximate surface area is 279 Å². The Balaban J connectivity index is -0.000000904. The van der Waals surface area contributed by atoms with Gasteiger partial charge in [0.05, 0.1) is 35.8 Å². The number of para-hydroxylation sites is 4. The smallest absolute Gasteiger partial charge is 0.870 e. The van der Waals surface area contributed by atoms with E-state index in [0.717, 1.165) is 6.41 Å². The molecule has 0 radical (unpaired) electrons. The van der Waals surface area contributed by atoms with Crippen LogP contribution in [0.5, 0.6) is 23.0 Å². The first-order valence-electron chi connectivity index (χ1n) is 11.0. The van der Waals surface area contributed by atoms with E-state index in [4.69, 9.17) is 40.1 Å². The van der Waals surface area contributed by atoms with E-state index in [1.54, 1.807) is 62.6 Å². The standard InChI is InChI=1S/C22H20N2O4.C3H7NO.Cd.2NO3.Zn/c1-27-19-11-5-7-15(21(19)25)13-23-17-9-3-4-10-18(17)24-14-16-8-6-12-20(28-2)22(16)26;1-4(2)3-5;;2*2-1(3)4;/h3-14,25-26H,1-2H3;3H,1-2H3;;;;/q;;+2;2*-1;+2/p-2. The molecule has 0 aromatic heterocycles. The van der Waals surface area contributed by atoms with E-state index in [9.17, 15) is 15.0 Å². The van der Waals surface area contributed by atoms with Crippen LogP contribution in [-0.2, 0) is 51.6 Å². The van der Waals surface area contributed by atoms with Gasteiger partial charge in [-0.15, -0.1) is 0 Å². The van der Waals surface area contributed by atoms with E-state index in [2.05, 4.69) is 9.98 Å². The maximum Gasteiger partial charge on any atom is 2.00 e. The number of amides is 1. The molecule has 0 atom stereocenters. The minimum absolute atomic E-state index is 0. The summed E-state index contributed by atoms with van der Waals surface area (Å²) < 4.78 is 10.1. The Morgan fingerprint density at radius 1 is 0.698 bits per heavy atom. The molecule has 0 aliphatic heterocycles. The van der Waals surface area contributed by atoms with Gasteiger partial charge in [0.25, 0.3) is 0 Å². The number of hydrogen-bond acceptors (Lipinski definition) is 13. The van der Waals surface area contributed by atoms with E-state index in [-0.39, 0.29) is 69.8 Å². The van der Waals surface area contributed by atoms with Crippen LogP contribution in [0, 0.1) is 30.6 Å². The van der Waals surface area contributed by atoms with Gasteiger partial charge in [-0.2, -0.15) is 0 Å². The third-order valence-corrected chi connectivity index (χ3v) is 4.24. The largest absolute Gasteiger partial charge is 2.00 e. The molecule has 3 rings (SSSR count). The molecule has 0 saturated carbocycles. The van der Waals surface area contributed by atoms with Crippen LogP contribution in [0.2, 0.25) is 0 Å². The first-order valence-corrected chi connectivity index (χ1v) is 11.0. The number of aliphatic imine (C=N–C) groups is 2. The van der Waals surface area contributed by atoms with Crippen molar-refractivity contribution in [2.24, 2.45) is 9.98 Å². The second-order valence-electron chi connectivity index (χ2n) is 7.28. The summed E-state index contributed by atoms with van der Waals surface area (Å²) in [5.41, 5.74) is 1.95. The van der Waals surface area contributed by atoms with Gasteiger partial charge in [0.15, 0.2) is 0 Å². The van der Waals surface area contributed by atoms with Crippen LogP contribution in [0.1, 0.15) is 11.1 Å². The molecule has 220 valence electrons. The molecule has 43 heavy (non-hydrogen) atoms. The fourth-order valence-corrected chi connectivity index (χ4v) is 2.55. The summed E-state index contributed by atoms with van der Waals surface area (Å²) in [6.45, 7) is 0. The second kappa shape index (κ2) is 24.2. The van der Waals surface area contributed by atoms with Crippen molar-refractivity contribution in [2.75, 3.05) is 28.3 Å². The molecular weight excluding hydrogens is 724 g/mol. The molecule has 0 aliphatic rings. The molecule has 0 fully saturated rings. The van der Waals surface area contributed by atoms with Crippen LogP contribution in [0.3, 0.4) is 0 Å². The first-order chi connectivity index (χ1) is 19.4. The van der Waals surface area contributed by atoms with E-state index in [1.807, 2.05) is 12.1 Å². The van der Waals surface area contributed by atoms with Crippen LogP contribution >= 0.6 is 0 Å². The summed E-state index contributed by atoms with van der Waals surface area (Å²) in [5, 5.41) is 53.9. The van der Waals surface area contributed by atoms with Gasteiger partial charge in [0.2, 0.25) is 6.41 Å². The molecule has 0 bridgehead atoms. The summed E-state index contributed by atoms with van der Waals surface area (Å²) in [6.07, 6.45) is 3.70. The zero-order valence-electron chi connectivity index (χ0n) is 23.6. The number of benzene rings is 3. The number of hydrogen-bond donors (Lipinski definition) is 0. The van der Waals surface area contributed by atoms with Gasteiger partial charge in [0.1, 0.15) is 11.5 Å². The van der Waals surface area contributed by atoms with Crippen molar-refractivity contribution in [3.63, 3.8) is 0 Å². The summed E-state index contributed by atoms with van der Waals surface area (Å²) in [5.74, 6) is 0.0525. The molecule has 0 saturated heterocycles. The molecular formula is C25H25CdN5O11Zn. The second-order valence-corrected chi connectivity index (χ2v) is 7.28. The van der Waals surface area contributed by atoms with Crippen molar-refractivity contribution in [3.05, 3.63) is 102 Å². The number of methoxy groups -OCH3 is 2. The minimum Gasteiger partial charge on any atom is -0.870 e. The van der Waals surface area contributed by atoms with Crippen molar-refractivity contribution in [2.45, 2.75) is 0 Å². The van der Waals surface area contributed by atoms with E-state index in [0.29, 0.717) is 22.5 Å². The fraction of sp³-hybridized carbons (Fsp3) is 0.160. The number of carbonyl (C=O) groups excluding carboxylic acids is 1. The van der Waals surface area contributed by atoms with Gasteiger partial charge in [-0.25, -0.2) is 0 Å². The Hall–Kier alpha value is -4.38. The van der Waals surface area contributed by atoms with Crippen molar-refractivity contribution in [1.82, 2.24) is 4.90 Å². The van der Waals surface area contributed by atoms with Crippen molar-refractivity contribution in [3.8, 4) is 23.0 Å². The molecule has 0 N–H and O–H groups in total. The summed E-state index contributed by atoms with van der Waals surface area (Å²) in [6, 6.07) is 17.2. The van der Waals surface area contributed by atoms with Crippen molar-refractivity contribution in [1.29, 1.82) is 0 Å². The number of nitrogens with zero attached hydrogens (tertiary/aromatic N) is 5. The van der Waals surface area contributed by atoms with Gasteiger partial charge >= 0.3 is 46.8 Å². The minimum atomic E-state index is -1.75. The van der Waals surface area contributed by atoms with Crippen LogP contribution < -0.4 is 19.7 Å². The predicted octanol–water partition coefficient (Wildman–Crippen LogP) is 2.57. The molecule has 0 unspecified atom stereocenters. The first kappa shape index (κ1) is 43.1. The molecule has 3 aromatic rings. The van der Waals surface area contributed by atoms with Gasteiger partial charge in [-0.3, -0.25) is 14.8 Å². The molecule has 1 amide bonds. The number of rotatable bonds is 7. The molecule has 0 heterocycles. The Bertz CT molecular complexity index is 1240. The van der Waals surface area contributed by atoms with E-state index >= 15 is 0 Å². The molecule has 0 aliphatic carbocycles. The van der Waals surface area contributed by atoms with Crippen LogP contribution in [0.4, 0.5) is 11.4 Å². The average molecular weight is 749 g/mol. The maximum atomic E-state index is 12.2. The van der Waals surface area contributed by atoms with Gasteiger partial charge < -0.3 is 55.2 Å². The van der Waals surface area contributed by atoms with Gasteiger partial charge in [0, 0.05) is 26.5 Å². The molecule has 0 spiro atoms. The zero-order chi connectivity index (χ0) is 31.4. The average Bonchev–Trinajstić information content (AvgIpc) is 2.92. The Morgan fingerprint density at radius 3 is 1.26 bits per heavy atom. The summed E-state index contributed by atoms with van der Waals surface area (Å²) in [4.78, 5) is 36.1. The van der Waals surface area contributed by atoms with Crippen LogP contribution in [0.25, 0.3) is 0 Å². The zero-order valence-corrected chi connectivity index (χ0v) is 30.7. The SMILES string of the molecule is CN(C)C=O.COc1cccc(C=Nc2ccccc2N=Cc2cccc(OC)c2[O-])c1[O-].O=[N+]([O-])[O-].O=[N+]([O-])[O-].[Cd+2].[Zn+2]. The van der Waals surface area contributed by atoms with Gasteiger partial charge in [-0.1, -0.05) is 47.9 Å². The van der Waals surface area contributed by atoms with E-state index in [1.165, 1.54) is 31.5 Å². The molecule has 18 heteroatoms. The fourth-order valence-electron chi connectivity index (χ4n) is 2.55. The Morgan fingerprint density at radius 2 is 1.00 bits per heavy atom. The number of ether oxygens (including phenoxy) is 2. The van der Waals surface area contributed by atoms with Crippen LogP contribution in [0.15, 0.2) is 70.6 Å².